The van der Waals surface area contributed by atoms with Gasteiger partial charge in [-0.2, -0.15) is 11.8 Å². The fraction of sp³-hybridized carbons (Fsp3) is 0.938. The molecule has 0 aromatic rings. The highest BCUT2D eigenvalue weighted by Crippen LogP contribution is 2.18. The molecule has 0 spiro atoms. The number of nitrogens with one attached hydrogen (secondary N) is 2. The third-order valence-electron chi connectivity index (χ3n) is 4.06. The summed E-state index contributed by atoms with van der Waals surface area (Å²) in [6, 6.07) is 1.14. The molecule has 4 nitrogen and oxygen atoms in total. The van der Waals surface area contributed by atoms with Crippen LogP contribution < -0.4 is 10.6 Å². The Labute approximate surface area is 135 Å². The van der Waals surface area contributed by atoms with Crippen LogP contribution in [0.2, 0.25) is 0 Å². The second-order valence-corrected chi connectivity index (χ2v) is 7.22. The van der Waals surface area contributed by atoms with Gasteiger partial charge in [0, 0.05) is 38.3 Å². The summed E-state index contributed by atoms with van der Waals surface area (Å²) in [6.07, 6.45) is 4.59. The van der Waals surface area contributed by atoms with Crippen LogP contribution in [0, 0.1) is 5.92 Å². The Balaban J connectivity index is 2.44. The number of guanidine groups is 1. The zero-order chi connectivity index (χ0) is 15.7. The van der Waals surface area contributed by atoms with Gasteiger partial charge in [0.25, 0.3) is 0 Å². The first-order valence-corrected chi connectivity index (χ1v) is 9.75. The first-order valence-electron chi connectivity index (χ1n) is 8.36. The first-order chi connectivity index (χ1) is 10.1. The molecule has 2 N–H and O–H groups in total. The first kappa shape index (κ1) is 18.6. The van der Waals surface area contributed by atoms with Crippen molar-refractivity contribution in [3.63, 3.8) is 0 Å². The predicted octanol–water partition coefficient (Wildman–Crippen LogP) is 2.41. The summed E-state index contributed by atoms with van der Waals surface area (Å²) in [5.74, 6) is 2.90. The lowest BCUT2D eigenvalue weighted by Gasteiger charge is -2.21. The molecule has 0 aliphatic carbocycles. The number of hydrogen-bond acceptors (Lipinski definition) is 3. The van der Waals surface area contributed by atoms with Crippen molar-refractivity contribution >= 4 is 17.7 Å². The van der Waals surface area contributed by atoms with E-state index < -0.39 is 0 Å². The molecule has 0 radical (unpaired) electrons. The van der Waals surface area contributed by atoms with E-state index in [1.165, 1.54) is 25.1 Å². The standard InChI is InChI=1S/C16H34N4S/c1-6-17-16(18-9-7-8-10-21-5)19-15-12-20(13(2)3)11-14(15)4/h13-15H,6-12H2,1-5H3,(H2,17,18,19). The van der Waals surface area contributed by atoms with E-state index in [9.17, 15) is 0 Å². The van der Waals surface area contributed by atoms with Gasteiger partial charge in [-0.05, 0) is 51.5 Å². The molecule has 2 unspecified atom stereocenters. The maximum Gasteiger partial charge on any atom is 0.191 e. The van der Waals surface area contributed by atoms with Gasteiger partial charge in [-0.3, -0.25) is 9.89 Å². The Morgan fingerprint density at radius 2 is 2.10 bits per heavy atom. The summed E-state index contributed by atoms with van der Waals surface area (Å²) in [5.41, 5.74) is 0. The van der Waals surface area contributed by atoms with Crippen molar-refractivity contribution < 1.29 is 0 Å². The lowest BCUT2D eigenvalue weighted by Crippen LogP contribution is -2.46. The number of nitrogens with zero attached hydrogens (tertiary/aromatic N) is 2. The second kappa shape index (κ2) is 10.3. The smallest absolute Gasteiger partial charge is 0.191 e. The minimum Gasteiger partial charge on any atom is -0.357 e. The minimum atomic E-state index is 0.511. The van der Waals surface area contributed by atoms with Crippen LogP contribution in [0.3, 0.4) is 0 Å². The molecule has 124 valence electrons. The fourth-order valence-corrected chi connectivity index (χ4v) is 3.15. The molecule has 1 aliphatic heterocycles. The largest absolute Gasteiger partial charge is 0.357 e. The van der Waals surface area contributed by atoms with Crippen molar-refractivity contribution in [2.45, 2.75) is 52.6 Å². The molecule has 1 rings (SSSR count). The Morgan fingerprint density at radius 1 is 1.33 bits per heavy atom. The van der Waals surface area contributed by atoms with Gasteiger partial charge in [-0.1, -0.05) is 6.92 Å². The zero-order valence-electron chi connectivity index (χ0n) is 14.5. The van der Waals surface area contributed by atoms with Crippen LogP contribution in [0.5, 0.6) is 0 Å². The molecule has 1 fully saturated rings. The second-order valence-electron chi connectivity index (χ2n) is 6.24. The third-order valence-corrected chi connectivity index (χ3v) is 4.76. The summed E-state index contributed by atoms with van der Waals surface area (Å²) < 4.78 is 0. The number of aliphatic imine (C=N–C) groups is 1. The van der Waals surface area contributed by atoms with Gasteiger partial charge < -0.3 is 10.6 Å². The van der Waals surface area contributed by atoms with Crippen molar-refractivity contribution in [1.29, 1.82) is 0 Å². The van der Waals surface area contributed by atoms with Crippen LogP contribution >= 0.6 is 11.8 Å². The van der Waals surface area contributed by atoms with Crippen LogP contribution in [-0.2, 0) is 0 Å². The maximum atomic E-state index is 4.72. The third kappa shape index (κ3) is 6.92. The van der Waals surface area contributed by atoms with E-state index in [1.54, 1.807) is 0 Å². The van der Waals surface area contributed by atoms with Crippen LogP contribution in [0.25, 0.3) is 0 Å². The van der Waals surface area contributed by atoms with E-state index in [-0.39, 0.29) is 0 Å². The molecule has 0 aromatic carbocycles. The average molecular weight is 315 g/mol. The van der Waals surface area contributed by atoms with Crippen LogP contribution in [0.1, 0.15) is 40.5 Å². The van der Waals surface area contributed by atoms with E-state index in [0.29, 0.717) is 18.0 Å². The molecule has 1 aliphatic rings. The number of unbranched alkanes of at least 4 members (excludes halogenated alkanes) is 1. The number of rotatable bonds is 8. The van der Waals surface area contributed by atoms with Gasteiger partial charge >= 0.3 is 0 Å². The molecule has 0 bridgehead atoms. The van der Waals surface area contributed by atoms with Gasteiger partial charge in [0.15, 0.2) is 5.96 Å². The topological polar surface area (TPSA) is 39.7 Å². The monoisotopic (exact) mass is 314 g/mol. The molecule has 1 saturated heterocycles. The van der Waals surface area contributed by atoms with E-state index in [0.717, 1.165) is 25.6 Å². The van der Waals surface area contributed by atoms with Gasteiger partial charge in [-0.25, -0.2) is 0 Å². The molecule has 2 atom stereocenters. The lowest BCUT2D eigenvalue weighted by atomic mass is 10.1. The van der Waals surface area contributed by atoms with E-state index in [4.69, 9.17) is 4.99 Å². The minimum absolute atomic E-state index is 0.511. The van der Waals surface area contributed by atoms with Crippen molar-refractivity contribution in [2.75, 3.05) is 38.2 Å². The van der Waals surface area contributed by atoms with E-state index >= 15 is 0 Å². The van der Waals surface area contributed by atoms with Crippen molar-refractivity contribution in [3.05, 3.63) is 0 Å². The summed E-state index contributed by atoms with van der Waals surface area (Å²) in [5, 5.41) is 7.01. The highest BCUT2D eigenvalue weighted by molar-refractivity contribution is 7.98. The Hall–Kier alpha value is -0.420. The Bertz CT molecular complexity index is 307. The van der Waals surface area contributed by atoms with E-state index in [2.05, 4.69) is 49.5 Å². The highest BCUT2D eigenvalue weighted by atomic mass is 32.2. The molecular formula is C16H34N4S. The van der Waals surface area contributed by atoms with Crippen molar-refractivity contribution in [1.82, 2.24) is 15.5 Å². The average Bonchev–Trinajstić information content (AvgIpc) is 2.80. The fourth-order valence-electron chi connectivity index (χ4n) is 2.66. The van der Waals surface area contributed by atoms with Gasteiger partial charge in [0.2, 0.25) is 0 Å². The summed E-state index contributed by atoms with van der Waals surface area (Å²) in [6.45, 7) is 13.2. The predicted molar refractivity (Wildman–Crippen MR) is 96.4 cm³/mol. The molecule has 0 saturated carbocycles. The molecular weight excluding hydrogens is 280 g/mol. The molecule has 1 heterocycles. The summed E-state index contributed by atoms with van der Waals surface area (Å²) in [4.78, 5) is 7.27. The number of thioether (sulfide) groups is 1. The van der Waals surface area contributed by atoms with Gasteiger partial charge in [-0.15, -0.1) is 0 Å². The SMILES string of the molecule is CCNC(=NCCCCSC)NC1CN(C(C)C)CC1C. The Kier molecular flexibility index (Phi) is 9.16. The van der Waals surface area contributed by atoms with Crippen LogP contribution in [0.15, 0.2) is 4.99 Å². The van der Waals surface area contributed by atoms with Crippen molar-refractivity contribution in [2.24, 2.45) is 10.9 Å². The number of likely N-dealkylation sites (tertiary alicyclic amines) is 1. The molecule has 0 aromatic heterocycles. The van der Waals surface area contributed by atoms with Crippen molar-refractivity contribution in [3.8, 4) is 0 Å². The summed E-state index contributed by atoms with van der Waals surface area (Å²) in [7, 11) is 0. The van der Waals surface area contributed by atoms with Crippen LogP contribution in [0.4, 0.5) is 0 Å². The highest BCUT2D eigenvalue weighted by Gasteiger charge is 2.31. The molecule has 0 amide bonds. The summed E-state index contributed by atoms with van der Waals surface area (Å²) >= 11 is 1.91. The molecule has 5 heteroatoms. The van der Waals surface area contributed by atoms with Gasteiger partial charge in [0.05, 0.1) is 0 Å². The van der Waals surface area contributed by atoms with Crippen LogP contribution in [-0.4, -0.2) is 61.1 Å². The van der Waals surface area contributed by atoms with Gasteiger partial charge in [0.1, 0.15) is 0 Å². The quantitative estimate of drug-likeness (QED) is 0.410. The maximum absolute atomic E-state index is 4.72. The zero-order valence-corrected chi connectivity index (χ0v) is 15.3. The lowest BCUT2D eigenvalue weighted by molar-refractivity contribution is 0.265. The van der Waals surface area contributed by atoms with E-state index in [1.807, 2.05) is 11.8 Å². The number of hydrogen-bond donors (Lipinski definition) is 2. The normalized spacial score (nSPS) is 23.8. The Morgan fingerprint density at radius 3 is 2.67 bits per heavy atom. The molecule has 21 heavy (non-hydrogen) atoms.